The van der Waals surface area contributed by atoms with E-state index in [1.807, 2.05) is 0 Å². The van der Waals surface area contributed by atoms with Crippen molar-refractivity contribution in [1.82, 2.24) is 15.2 Å². The molecule has 0 radical (unpaired) electrons. The van der Waals surface area contributed by atoms with Crippen molar-refractivity contribution in [3.05, 3.63) is 52.2 Å². The molecule has 19 heteroatoms. The second kappa shape index (κ2) is 16.3. The Balaban J connectivity index is 1.57. The lowest BCUT2D eigenvalue weighted by molar-refractivity contribution is -0.179. The molecule has 1 aromatic carbocycles. The molecule has 3 atom stereocenters. The van der Waals surface area contributed by atoms with E-state index in [-0.39, 0.29) is 40.3 Å². The van der Waals surface area contributed by atoms with E-state index < -0.39 is 75.0 Å². The van der Waals surface area contributed by atoms with E-state index in [2.05, 4.69) is 20.8 Å². The van der Waals surface area contributed by atoms with Crippen LogP contribution in [-0.4, -0.2) is 97.0 Å². The summed E-state index contributed by atoms with van der Waals surface area (Å²) in [4.78, 5) is 76.8. The van der Waals surface area contributed by atoms with Crippen LogP contribution in [0.2, 0.25) is 0 Å². The third-order valence-corrected chi connectivity index (χ3v) is 9.94. The molecule has 1 saturated heterocycles. The monoisotopic (exact) mass is 795 g/mol. The number of thiazole rings is 1. The van der Waals surface area contributed by atoms with Crippen LogP contribution in [0.5, 0.6) is 5.75 Å². The maximum absolute atomic E-state index is 13.9. The molecule has 4 rings (SSSR count). The number of rotatable bonds is 12. The summed E-state index contributed by atoms with van der Waals surface area (Å²) in [5, 5.41) is 9.22. The number of hydrogen-bond donors (Lipinski definition) is 2. The van der Waals surface area contributed by atoms with Crippen molar-refractivity contribution in [3.8, 4) is 5.75 Å². The van der Waals surface area contributed by atoms with E-state index >= 15 is 0 Å². The molecule has 0 spiro atoms. The van der Waals surface area contributed by atoms with E-state index in [1.165, 1.54) is 26.3 Å². The van der Waals surface area contributed by atoms with Crippen LogP contribution in [0.3, 0.4) is 0 Å². The Morgan fingerprint density at radius 2 is 1.70 bits per heavy atom. The van der Waals surface area contributed by atoms with Crippen molar-refractivity contribution in [3.63, 3.8) is 0 Å². The first-order chi connectivity index (χ1) is 24.6. The lowest BCUT2D eigenvalue weighted by Gasteiger charge is -2.49. The zero-order valence-electron chi connectivity index (χ0n) is 30.7. The Kier molecular flexibility index (Phi) is 12.7. The Bertz CT molecular complexity index is 1800. The van der Waals surface area contributed by atoms with Gasteiger partial charge in [-0.3, -0.25) is 19.8 Å². The van der Waals surface area contributed by atoms with Gasteiger partial charge in [-0.15, -0.1) is 22.9 Å². The Morgan fingerprint density at radius 3 is 2.28 bits per heavy atom. The van der Waals surface area contributed by atoms with Crippen molar-refractivity contribution in [2.75, 3.05) is 24.1 Å². The highest BCUT2D eigenvalue weighted by molar-refractivity contribution is 7.92. The van der Waals surface area contributed by atoms with Gasteiger partial charge < -0.3 is 33.7 Å². The number of methoxy groups -OCH3 is 1. The van der Waals surface area contributed by atoms with Crippen LogP contribution >= 0.6 is 22.9 Å². The molecular formula is C34H42ClN5O11S2. The average molecular weight is 796 g/mol. The highest BCUT2D eigenvalue weighted by Gasteiger charge is 2.61. The molecule has 2 N–H and O–H groups in total. The van der Waals surface area contributed by atoms with Crippen LogP contribution in [-0.2, 0) is 56.0 Å². The summed E-state index contributed by atoms with van der Waals surface area (Å²) in [5.41, 5.74) is -3.19. The number of amides is 3. The van der Waals surface area contributed by atoms with Crippen molar-refractivity contribution in [2.45, 2.75) is 90.2 Å². The number of benzene rings is 1. The predicted molar refractivity (Wildman–Crippen MR) is 196 cm³/mol. The maximum atomic E-state index is 13.9. The summed E-state index contributed by atoms with van der Waals surface area (Å²) in [6.07, 6.45) is -0.800. The van der Waals surface area contributed by atoms with Crippen molar-refractivity contribution >= 4 is 74.8 Å². The van der Waals surface area contributed by atoms with Crippen molar-refractivity contribution in [2.24, 2.45) is 5.16 Å². The topological polar surface area (TPSA) is 207 Å². The molecule has 1 aromatic heterocycles. The highest BCUT2D eigenvalue weighted by atomic mass is 35.5. The zero-order valence-corrected chi connectivity index (χ0v) is 33.1. The number of hydrogen-bond acceptors (Lipinski definition) is 14. The van der Waals surface area contributed by atoms with Crippen molar-refractivity contribution < 1.29 is 52.3 Å². The van der Waals surface area contributed by atoms with Gasteiger partial charge in [-0.05, 0) is 84.3 Å². The fourth-order valence-corrected chi connectivity index (χ4v) is 7.43. The first-order valence-electron chi connectivity index (χ1n) is 16.2. The second-order valence-electron chi connectivity index (χ2n) is 14.3. The third kappa shape index (κ3) is 10.4. The van der Waals surface area contributed by atoms with Gasteiger partial charge in [-0.2, -0.15) is 0 Å². The molecule has 3 amide bonds. The number of β-lactam (4-membered cyclic amide) rings is 1. The summed E-state index contributed by atoms with van der Waals surface area (Å²) in [5.74, 6) is -3.13. The van der Waals surface area contributed by atoms with Gasteiger partial charge in [-0.25, -0.2) is 19.4 Å². The number of anilines is 1. The summed E-state index contributed by atoms with van der Waals surface area (Å²) >= 11 is 5.26. The fourth-order valence-electron chi connectivity index (χ4n) is 4.73. The fraction of sp³-hybridized carbons (Fsp3) is 0.500. The van der Waals surface area contributed by atoms with Crippen molar-refractivity contribution in [1.29, 1.82) is 0 Å². The van der Waals surface area contributed by atoms with E-state index in [1.54, 1.807) is 65.8 Å². The summed E-state index contributed by atoms with van der Waals surface area (Å²) < 4.78 is 34.7. The number of fused-ring (bicyclic) bond motifs is 1. The number of oxime groups is 1. The average Bonchev–Trinajstić information content (AvgIpc) is 3.51. The number of halogens is 1. The number of aromatic nitrogens is 1. The van der Waals surface area contributed by atoms with Gasteiger partial charge in [-0.1, -0.05) is 17.3 Å². The molecular weight excluding hydrogens is 754 g/mol. The van der Waals surface area contributed by atoms with Gasteiger partial charge in [0.05, 0.1) is 13.0 Å². The number of carbonyl (C=O) groups is 5. The summed E-state index contributed by atoms with van der Waals surface area (Å²) in [7, 11) is 1.52. The second-order valence-corrected chi connectivity index (χ2v) is 17.0. The molecule has 2 aromatic rings. The van der Waals surface area contributed by atoms with Gasteiger partial charge in [0.1, 0.15) is 40.7 Å². The summed E-state index contributed by atoms with van der Waals surface area (Å²) in [6.45, 7) is 12.7. The first kappa shape index (κ1) is 41.4. The van der Waals surface area contributed by atoms with Crippen LogP contribution in [0.25, 0.3) is 0 Å². The molecule has 2 aliphatic heterocycles. The first-order valence-corrected chi connectivity index (χ1v) is 19.0. The van der Waals surface area contributed by atoms with E-state index in [0.717, 1.165) is 16.2 Å². The largest absolute Gasteiger partial charge is 0.614 e. The molecule has 3 unspecified atom stereocenters. The molecule has 53 heavy (non-hydrogen) atoms. The van der Waals surface area contributed by atoms with Gasteiger partial charge in [0, 0.05) is 11.0 Å². The normalized spacial score (nSPS) is 19.1. The third-order valence-electron chi connectivity index (χ3n) is 7.20. The molecule has 3 heterocycles. The van der Waals surface area contributed by atoms with Crippen LogP contribution in [0, 0.1) is 0 Å². The number of nitrogens with one attached hydrogen (secondary N) is 2. The number of alkyl halides is 1. The maximum Gasteiger partial charge on any atom is 0.413 e. The van der Waals surface area contributed by atoms with Gasteiger partial charge in [0.25, 0.3) is 11.8 Å². The minimum Gasteiger partial charge on any atom is -0.614 e. The van der Waals surface area contributed by atoms with Crippen LogP contribution in [0.4, 0.5) is 9.93 Å². The highest BCUT2D eigenvalue weighted by Crippen LogP contribution is 2.38. The number of ether oxygens (including phenoxy) is 4. The molecule has 1 fully saturated rings. The van der Waals surface area contributed by atoms with Gasteiger partial charge in [0.15, 0.2) is 16.9 Å². The summed E-state index contributed by atoms with van der Waals surface area (Å²) in [6, 6.07) is 5.44. The molecule has 0 bridgehead atoms. The smallest absolute Gasteiger partial charge is 0.413 e. The Labute approximate surface area is 318 Å². The zero-order chi connectivity index (χ0) is 39.5. The van der Waals surface area contributed by atoms with Crippen LogP contribution < -0.4 is 15.4 Å². The standard InChI is InChI=1S/C34H42ClN5O11S2/c1-32(2,3)49-29(44)34(7,8)51-39-22(21-16-52-30(36-21)38-31(45)50-33(4,5)6)25(41)37-23-26(42)40-24(19(14-35)17-53(46)27(23)40)28(43)48-15-18-10-12-20(47-9)13-11-18/h10-13,16,23,27H,14-15,17H2,1-9H3,(H,37,41)(H,36,38,45)/b39-22-. The van der Waals surface area contributed by atoms with E-state index in [0.29, 0.717) is 11.3 Å². The molecule has 288 valence electrons. The molecule has 2 aliphatic rings. The Hall–Kier alpha value is -4.39. The lowest BCUT2D eigenvalue weighted by Crippen LogP contribution is -2.75. The molecule has 0 aliphatic carbocycles. The minimum atomic E-state index is -1.79. The quantitative estimate of drug-likeness (QED) is 0.0595. The van der Waals surface area contributed by atoms with Gasteiger partial charge >= 0.3 is 18.0 Å². The SMILES string of the molecule is COc1ccc(COC(=O)C2=C(CCl)C[S+]([O-])C3C(NC(=O)/C(=N\OC(C)(C)C(=O)OC(C)(C)C)c4csc(NC(=O)OC(C)(C)C)n4)C(=O)N23)cc1. The number of nitrogens with zero attached hydrogens (tertiary/aromatic N) is 3. The van der Waals surface area contributed by atoms with E-state index in [4.69, 9.17) is 35.4 Å². The van der Waals surface area contributed by atoms with Crippen LogP contribution in [0.15, 0.2) is 46.1 Å². The van der Waals surface area contributed by atoms with Crippen LogP contribution in [0.1, 0.15) is 66.6 Å². The number of carbonyl (C=O) groups excluding carboxylic acids is 5. The minimum absolute atomic E-state index is 0.0389. The molecule has 16 nitrogen and oxygen atoms in total. The van der Waals surface area contributed by atoms with E-state index in [9.17, 15) is 28.5 Å². The Morgan fingerprint density at radius 1 is 1.06 bits per heavy atom. The number of esters is 2. The van der Waals surface area contributed by atoms with Gasteiger partial charge in [0.2, 0.25) is 11.0 Å². The lowest BCUT2D eigenvalue weighted by atomic mass is 10.0. The predicted octanol–water partition coefficient (Wildman–Crippen LogP) is 3.99. The molecule has 0 saturated carbocycles.